The highest BCUT2D eigenvalue weighted by Gasteiger charge is 2.25. The van der Waals surface area contributed by atoms with Crippen LogP contribution in [0.25, 0.3) is 10.8 Å². The van der Waals surface area contributed by atoms with Crippen LogP contribution in [0, 0.1) is 6.92 Å². The van der Waals surface area contributed by atoms with Crippen molar-refractivity contribution in [1.29, 1.82) is 0 Å². The van der Waals surface area contributed by atoms with E-state index in [9.17, 15) is 0 Å². The fraction of sp³-hybridized carbons (Fsp3) is 0.263. The Morgan fingerprint density at radius 3 is 1.77 bits per heavy atom. The summed E-state index contributed by atoms with van der Waals surface area (Å²) in [6, 6.07) is 28.8. The minimum Gasteiger partial charge on any atom is -0.457 e. The standard InChI is InChI=1S/C38H39N3O2/c1-23-29-11-9-14-32(43-28-21-17-26(18-22-28)38(6,7)8)34(29)36(39-23)41-35-30-12-10-13-31(33(30)24(2)40-35)42-27-19-15-25(16-20-27)37(3,4)5/h9-22,40H,1-8H3/b41-36-. The van der Waals surface area contributed by atoms with Gasteiger partial charge in [0, 0.05) is 27.7 Å². The molecule has 0 spiro atoms. The summed E-state index contributed by atoms with van der Waals surface area (Å²) in [6.07, 6.45) is 0. The summed E-state index contributed by atoms with van der Waals surface area (Å²) in [6.45, 7) is 17.3. The summed E-state index contributed by atoms with van der Waals surface area (Å²) in [4.78, 5) is 13.4. The molecule has 1 aromatic heterocycles. The molecular weight excluding hydrogens is 530 g/mol. The van der Waals surface area contributed by atoms with E-state index in [1.807, 2.05) is 55.5 Å². The van der Waals surface area contributed by atoms with Crippen LogP contribution in [0.1, 0.15) is 76.4 Å². The van der Waals surface area contributed by atoms with Crippen LogP contribution in [-0.2, 0) is 10.8 Å². The van der Waals surface area contributed by atoms with Crippen molar-refractivity contribution in [3.05, 3.63) is 113 Å². The largest absolute Gasteiger partial charge is 0.457 e. The number of aromatic amines is 1. The number of aromatic nitrogens is 1. The number of nitrogens with zero attached hydrogens (tertiary/aromatic N) is 2. The number of rotatable bonds is 5. The number of fused-ring (bicyclic) bond motifs is 2. The van der Waals surface area contributed by atoms with Crippen LogP contribution >= 0.6 is 0 Å². The van der Waals surface area contributed by atoms with Gasteiger partial charge in [0.2, 0.25) is 0 Å². The first-order valence-electron chi connectivity index (χ1n) is 14.8. The maximum Gasteiger partial charge on any atom is 0.166 e. The fourth-order valence-electron chi connectivity index (χ4n) is 5.51. The second kappa shape index (κ2) is 10.6. The van der Waals surface area contributed by atoms with Gasteiger partial charge >= 0.3 is 0 Å². The summed E-state index contributed by atoms with van der Waals surface area (Å²) in [5.74, 6) is 4.47. The molecule has 1 aliphatic heterocycles. The molecular formula is C38H39N3O2. The summed E-state index contributed by atoms with van der Waals surface area (Å²) in [7, 11) is 0. The van der Waals surface area contributed by atoms with Crippen LogP contribution in [0.4, 0.5) is 5.82 Å². The Morgan fingerprint density at radius 1 is 0.651 bits per heavy atom. The molecule has 5 nitrogen and oxygen atoms in total. The molecule has 5 heteroatoms. The monoisotopic (exact) mass is 569 g/mol. The normalized spacial score (nSPS) is 14.2. The van der Waals surface area contributed by atoms with Crippen LogP contribution in [0.2, 0.25) is 0 Å². The summed E-state index contributed by atoms with van der Waals surface area (Å²) in [5, 5.41) is 1.98. The summed E-state index contributed by atoms with van der Waals surface area (Å²) in [5.41, 5.74) is 6.52. The van der Waals surface area contributed by atoms with Gasteiger partial charge < -0.3 is 14.5 Å². The maximum atomic E-state index is 6.43. The molecule has 1 aliphatic rings. The van der Waals surface area contributed by atoms with Crippen LogP contribution in [0.15, 0.2) is 94.9 Å². The van der Waals surface area contributed by atoms with E-state index in [1.165, 1.54) is 11.1 Å². The lowest BCUT2D eigenvalue weighted by Gasteiger charge is -2.19. The molecule has 0 saturated heterocycles. The molecule has 0 amide bonds. The van der Waals surface area contributed by atoms with Crippen LogP contribution in [-0.4, -0.2) is 16.5 Å². The van der Waals surface area contributed by atoms with Crippen molar-refractivity contribution in [3.8, 4) is 23.0 Å². The highest BCUT2D eigenvalue weighted by Crippen LogP contribution is 2.40. The first-order valence-corrected chi connectivity index (χ1v) is 14.8. The number of hydrogen-bond donors (Lipinski definition) is 1. The number of amidine groups is 1. The Morgan fingerprint density at radius 2 is 1.19 bits per heavy atom. The van der Waals surface area contributed by atoms with Crippen molar-refractivity contribution in [3.63, 3.8) is 0 Å². The second-order valence-corrected chi connectivity index (χ2v) is 13.3. The first kappa shape index (κ1) is 28.5. The zero-order valence-corrected chi connectivity index (χ0v) is 26.3. The van der Waals surface area contributed by atoms with Crippen molar-refractivity contribution < 1.29 is 9.47 Å². The Hall–Kier alpha value is -4.64. The number of aryl methyl sites for hydroxylation is 1. The van der Waals surface area contributed by atoms with Gasteiger partial charge in [-0.1, -0.05) is 90.1 Å². The number of H-pyrrole nitrogens is 1. The SMILES string of the molecule is CC1=N/C(=N\c2[nH]c(C)c3c(Oc4ccc(C(C)(C)C)cc4)cccc23)c2c(Oc3ccc(C(C)(C)C)cc3)cccc21. The minimum absolute atomic E-state index is 0.0794. The van der Waals surface area contributed by atoms with Gasteiger partial charge in [-0.15, -0.1) is 0 Å². The number of nitrogens with one attached hydrogen (secondary N) is 1. The van der Waals surface area contributed by atoms with Gasteiger partial charge in [-0.2, -0.15) is 0 Å². The number of ether oxygens (including phenoxy) is 2. The van der Waals surface area contributed by atoms with Crippen LogP contribution in [0.3, 0.4) is 0 Å². The average molecular weight is 570 g/mol. The third-order valence-electron chi connectivity index (χ3n) is 7.99. The minimum atomic E-state index is 0.0794. The van der Waals surface area contributed by atoms with Gasteiger partial charge in [-0.25, -0.2) is 9.98 Å². The third-order valence-corrected chi connectivity index (χ3v) is 7.99. The molecule has 0 aliphatic carbocycles. The summed E-state index contributed by atoms with van der Waals surface area (Å²) < 4.78 is 12.8. The molecule has 0 saturated carbocycles. The third kappa shape index (κ3) is 5.60. The number of aliphatic imine (C=N–C) groups is 2. The Bertz CT molecular complexity index is 1880. The zero-order chi connectivity index (χ0) is 30.5. The van der Waals surface area contributed by atoms with Gasteiger partial charge in [0.15, 0.2) is 5.84 Å². The van der Waals surface area contributed by atoms with Crippen molar-refractivity contribution in [2.24, 2.45) is 9.98 Å². The topological polar surface area (TPSA) is 59.0 Å². The predicted molar refractivity (Wildman–Crippen MR) is 178 cm³/mol. The molecule has 4 aromatic carbocycles. The molecule has 0 fully saturated rings. The van der Waals surface area contributed by atoms with E-state index in [2.05, 4.69) is 89.8 Å². The highest BCUT2D eigenvalue weighted by molar-refractivity contribution is 6.24. The first-order chi connectivity index (χ1) is 20.4. The Balaban J connectivity index is 1.35. The lowest BCUT2D eigenvalue weighted by molar-refractivity contribution is 0.480. The van der Waals surface area contributed by atoms with E-state index in [0.29, 0.717) is 5.84 Å². The van der Waals surface area contributed by atoms with Gasteiger partial charge in [0.1, 0.15) is 28.8 Å². The smallest absolute Gasteiger partial charge is 0.166 e. The molecule has 6 rings (SSSR count). The Labute approximate surface area is 254 Å². The van der Waals surface area contributed by atoms with Gasteiger partial charge in [-0.3, -0.25) is 0 Å². The van der Waals surface area contributed by atoms with Gasteiger partial charge in [0.05, 0.1) is 5.56 Å². The molecule has 0 unspecified atom stereocenters. The van der Waals surface area contributed by atoms with Crippen molar-refractivity contribution >= 4 is 28.1 Å². The van der Waals surface area contributed by atoms with Crippen LogP contribution < -0.4 is 9.47 Å². The Kier molecular flexibility index (Phi) is 7.00. The quantitative estimate of drug-likeness (QED) is 0.229. The molecule has 2 heterocycles. The average Bonchev–Trinajstić information content (AvgIpc) is 3.45. The predicted octanol–water partition coefficient (Wildman–Crippen LogP) is 10.6. The van der Waals surface area contributed by atoms with Crippen molar-refractivity contribution in [2.45, 2.75) is 66.2 Å². The highest BCUT2D eigenvalue weighted by atomic mass is 16.5. The van der Waals surface area contributed by atoms with E-state index in [1.54, 1.807) is 0 Å². The van der Waals surface area contributed by atoms with Crippen molar-refractivity contribution in [2.75, 3.05) is 0 Å². The molecule has 0 radical (unpaired) electrons. The second-order valence-electron chi connectivity index (χ2n) is 13.3. The molecule has 1 N–H and O–H groups in total. The van der Waals surface area contributed by atoms with Crippen LogP contribution in [0.5, 0.6) is 23.0 Å². The van der Waals surface area contributed by atoms with E-state index < -0.39 is 0 Å². The lowest BCUT2D eigenvalue weighted by Crippen LogP contribution is -2.10. The van der Waals surface area contributed by atoms with Gasteiger partial charge in [0.25, 0.3) is 0 Å². The zero-order valence-electron chi connectivity index (χ0n) is 26.3. The fourth-order valence-corrected chi connectivity index (χ4v) is 5.51. The number of benzene rings is 4. The van der Waals surface area contributed by atoms with E-state index in [0.717, 1.165) is 62.1 Å². The van der Waals surface area contributed by atoms with E-state index in [4.69, 9.17) is 19.5 Å². The molecule has 0 bridgehead atoms. The maximum absolute atomic E-state index is 6.43. The molecule has 218 valence electrons. The number of hydrogen-bond acceptors (Lipinski definition) is 3. The van der Waals surface area contributed by atoms with E-state index in [-0.39, 0.29) is 10.8 Å². The summed E-state index contributed by atoms with van der Waals surface area (Å²) >= 11 is 0. The lowest BCUT2D eigenvalue weighted by atomic mass is 9.87. The molecule has 43 heavy (non-hydrogen) atoms. The molecule has 5 aromatic rings. The van der Waals surface area contributed by atoms with Gasteiger partial charge in [-0.05, 0) is 72.2 Å². The van der Waals surface area contributed by atoms with E-state index >= 15 is 0 Å². The molecule has 0 atom stereocenters. The van der Waals surface area contributed by atoms with Crippen molar-refractivity contribution in [1.82, 2.24) is 4.98 Å².